The maximum atomic E-state index is 13.3. The van der Waals surface area contributed by atoms with Crippen LogP contribution in [0.25, 0.3) is 22.3 Å². The fourth-order valence-electron chi connectivity index (χ4n) is 1.97. The molecule has 0 aliphatic heterocycles. The van der Waals surface area contributed by atoms with E-state index in [4.69, 9.17) is 11.6 Å². The monoisotopic (exact) mass is 261 g/mol. The molecule has 0 saturated carbocycles. The molecule has 5 heteroatoms. The summed E-state index contributed by atoms with van der Waals surface area (Å²) in [5, 5.41) is 1.39. The van der Waals surface area contributed by atoms with Gasteiger partial charge in [-0.15, -0.1) is 0 Å². The summed E-state index contributed by atoms with van der Waals surface area (Å²) in [6.07, 6.45) is 1.46. The number of fused-ring (bicyclic) bond motifs is 1. The Morgan fingerprint density at radius 1 is 1.22 bits per heavy atom. The van der Waals surface area contributed by atoms with Gasteiger partial charge in [-0.3, -0.25) is 0 Å². The van der Waals surface area contributed by atoms with Crippen LogP contribution < -0.4 is 0 Å². The Balaban J connectivity index is 2.33. The number of aromatic nitrogens is 3. The van der Waals surface area contributed by atoms with Crippen molar-refractivity contribution in [2.24, 2.45) is 7.05 Å². The van der Waals surface area contributed by atoms with Gasteiger partial charge in [0, 0.05) is 18.0 Å². The Labute approximate surface area is 108 Å². The highest BCUT2D eigenvalue weighted by Gasteiger charge is 2.12. The highest BCUT2D eigenvalue weighted by Crippen LogP contribution is 2.29. The number of aryl methyl sites for hydroxylation is 1. The third kappa shape index (κ3) is 1.66. The zero-order chi connectivity index (χ0) is 12.7. The third-order valence-corrected chi connectivity index (χ3v) is 3.23. The molecule has 0 aliphatic rings. The van der Waals surface area contributed by atoms with Crippen molar-refractivity contribution in [3.05, 3.63) is 47.6 Å². The van der Waals surface area contributed by atoms with Gasteiger partial charge in [-0.25, -0.2) is 14.4 Å². The van der Waals surface area contributed by atoms with E-state index in [1.807, 2.05) is 13.1 Å². The second-order valence-electron chi connectivity index (χ2n) is 4.00. The van der Waals surface area contributed by atoms with Crippen molar-refractivity contribution in [3.8, 4) is 11.3 Å². The molecule has 1 aromatic carbocycles. The van der Waals surface area contributed by atoms with Gasteiger partial charge in [-0.05, 0) is 18.2 Å². The highest BCUT2D eigenvalue weighted by molar-refractivity contribution is 6.31. The summed E-state index contributed by atoms with van der Waals surface area (Å²) in [5.41, 5.74) is 2.13. The van der Waals surface area contributed by atoms with Gasteiger partial charge in [0.1, 0.15) is 22.9 Å². The van der Waals surface area contributed by atoms with E-state index >= 15 is 0 Å². The molecule has 2 heterocycles. The number of hydrogen-bond donors (Lipinski definition) is 0. The Morgan fingerprint density at radius 2 is 2.06 bits per heavy atom. The molecule has 3 rings (SSSR count). The zero-order valence-electron chi connectivity index (χ0n) is 9.56. The van der Waals surface area contributed by atoms with Gasteiger partial charge >= 0.3 is 0 Å². The molecule has 0 bridgehead atoms. The molecule has 0 N–H and O–H groups in total. The van der Waals surface area contributed by atoms with Crippen molar-refractivity contribution < 1.29 is 4.39 Å². The summed E-state index contributed by atoms with van der Waals surface area (Å²) in [5.74, 6) is -0.290. The molecule has 0 amide bonds. The molecule has 3 aromatic rings. The lowest BCUT2D eigenvalue weighted by Crippen LogP contribution is -1.92. The van der Waals surface area contributed by atoms with Gasteiger partial charge in [0.25, 0.3) is 0 Å². The van der Waals surface area contributed by atoms with Crippen LogP contribution in [-0.2, 0) is 7.05 Å². The van der Waals surface area contributed by atoms with E-state index in [9.17, 15) is 4.39 Å². The number of nitrogens with zero attached hydrogens (tertiary/aromatic N) is 3. The van der Waals surface area contributed by atoms with Crippen molar-refractivity contribution in [1.82, 2.24) is 14.5 Å². The van der Waals surface area contributed by atoms with Crippen LogP contribution in [0.2, 0.25) is 5.15 Å². The second-order valence-corrected chi connectivity index (χ2v) is 4.38. The number of hydrogen-bond acceptors (Lipinski definition) is 2. The van der Waals surface area contributed by atoms with Gasteiger partial charge in [0.05, 0.1) is 5.69 Å². The quantitative estimate of drug-likeness (QED) is 0.672. The van der Waals surface area contributed by atoms with Gasteiger partial charge in [0.15, 0.2) is 0 Å². The molecule has 0 saturated heterocycles. The minimum atomic E-state index is -0.290. The largest absolute Gasteiger partial charge is 0.319 e. The first kappa shape index (κ1) is 11.2. The maximum Gasteiger partial charge on any atom is 0.144 e. The normalized spacial score (nSPS) is 11.1. The van der Waals surface area contributed by atoms with Gasteiger partial charge < -0.3 is 4.57 Å². The Bertz CT molecular complexity index is 736. The molecular formula is C13H9ClFN3. The SMILES string of the molecule is Cn1c(Cl)cc2c(-c3cccc(F)c3)ncnc21. The zero-order valence-corrected chi connectivity index (χ0v) is 10.3. The van der Waals surface area contributed by atoms with E-state index < -0.39 is 0 Å². The smallest absolute Gasteiger partial charge is 0.144 e. The van der Waals surface area contributed by atoms with E-state index in [0.29, 0.717) is 16.4 Å². The first-order valence-corrected chi connectivity index (χ1v) is 5.76. The van der Waals surface area contributed by atoms with Crippen LogP contribution in [0.1, 0.15) is 0 Å². The molecule has 2 aromatic heterocycles. The van der Waals surface area contributed by atoms with E-state index in [2.05, 4.69) is 9.97 Å². The predicted octanol–water partition coefficient (Wildman–Crippen LogP) is 3.43. The van der Waals surface area contributed by atoms with Crippen molar-refractivity contribution in [1.29, 1.82) is 0 Å². The lowest BCUT2D eigenvalue weighted by molar-refractivity contribution is 0.628. The summed E-state index contributed by atoms with van der Waals surface area (Å²) < 4.78 is 15.0. The number of benzene rings is 1. The van der Waals surface area contributed by atoms with Crippen LogP contribution >= 0.6 is 11.6 Å². The first-order valence-electron chi connectivity index (χ1n) is 5.38. The first-order chi connectivity index (χ1) is 8.66. The number of rotatable bonds is 1. The fraction of sp³-hybridized carbons (Fsp3) is 0.0769. The molecule has 0 aliphatic carbocycles. The number of halogens is 2. The summed E-state index contributed by atoms with van der Waals surface area (Å²) in [6, 6.07) is 8.11. The predicted molar refractivity (Wildman–Crippen MR) is 68.9 cm³/mol. The summed E-state index contributed by atoms with van der Waals surface area (Å²) in [4.78, 5) is 8.41. The summed E-state index contributed by atoms with van der Waals surface area (Å²) >= 11 is 6.06. The molecule has 0 unspecified atom stereocenters. The molecule has 0 spiro atoms. The lowest BCUT2D eigenvalue weighted by Gasteiger charge is -2.02. The van der Waals surface area contributed by atoms with Crippen LogP contribution in [-0.4, -0.2) is 14.5 Å². The Hall–Kier alpha value is -1.94. The molecule has 18 heavy (non-hydrogen) atoms. The highest BCUT2D eigenvalue weighted by atomic mass is 35.5. The van der Waals surface area contributed by atoms with Gasteiger partial charge in [-0.2, -0.15) is 0 Å². The Morgan fingerprint density at radius 3 is 2.83 bits per heavy atom. The summed E-state index contributed by atoms with van der Waals surface area (Å²) in [7, 11) is 1.83. The maximum absolute atomic E-state index is 13.3. The average Bonchev–Trinajstić information content (AvgIpc) is 2.65. The standard InChI is InChI=1S/C13H9ClFN3/c1-18-11(14)6-10-12(16-7-17-13(10)18)8-3-2-4-9(15)5-8/h2-7H,1H3. The molecule has 0 radical (unpaired) electrons. The molecule has 0 atom stereocenters. The van der Waals surface area contributed by atoms with E-state index in [0.717, 1.165) is 11.0 Å². The van der Waals surface area contributed by atoms with Gasteiger partial charge in [-0.1, -0.05) is 23.7 Å². The molecule has 3 nitrogen and oxygen atoms in total. The average molecular weight is 262 g/mol. The molecule has 0 fully saturated rings. The Kier molecular flexibility index (Phi) is 2.52. The fourth-order valence-corrected chi connectivity index (χ4v) is 2.16. The summed E-state index contributed by atoms with van der Waals surface area (Å²) in [6.45, 7) is 0. The van der Waals surface area contributed by atoms with Crippen LogP contribution in [0.15, 0.2) is 36.7 Å². The van der Waals surface area contributed by atoms with Crippen LogP contribution in [0.5, 0.6) is 0 Å². The molecular weight excluding hydrogens is 253 g/mol. The van der Waals surface area contributed by atoms with E-state index in [-0.39, 0.29) is 5.82 Å². The van der Waals surface area contributed by atoms with Crippen molar-refractivity contribution in [2.45, 2.75) is 0 Å². The van der Waals surface area contributed by atoms with Crippen LogP contribution in [0, 0.1) is 5.82 Å². The van der Waals surface area contributed by atoms with E-state index in [1.165, 1.54) is 18.5 Å². The van der Waals surface area contributed by atoms with Crippen molar-refractivity contribution in [3.63, 3.8) is 0 Å². The minimum Gasteiger partial charge on any atom is -0.319 e. The second kappa shape index (κ2) is 4.07. The van der Waals surface area contributed by atoms with E-state index in [1.54, 1.807) is 16.7 Å². The molecule has 90 valence electrons. The van der Waals surface area contributed by atoms with Crippen molar-refractivity contribution in [2.75, 3.05) is 0 Å². The van der Waals surface area contributed by atoms with Crippen LogP contribution in [0.4, 0.5) is 4.39 Å². The minimum absolute atomic E-state index is 0.290. The van der Waals surface area contributed by atoms with Crippen LogP contribution in [0.3, 0.4) is 0 Å². The topological polar surface area (TPSA) is 30.7 Å². The van der Waals surface area contributed by atoms with Crippen molar-refractivity contribution >= 4 is 22.6 Å². The van der Waals surface area contributed by atoms with Gasteiger partial charge in [0.2, 0.25) is 0 Å². The third-order valence-electron chi connectivity index (χ3n) is 2.86. The lowest BCUT2D eigenvalue weighted by atomic mass is 10.1.